The van der Waals surface area contributed by atoms with Crippen molar-refractivity contribution < 1.29 is 14.7 Å². The van der Waals surface area contributed by atoms with Gasteiger partial charge in [-0.3, -0.25) is 9.59 Å². The molecule has 104 valence electrons. The van der Waals surface area contributed by atoms with Crippen molar-refractivity contribution in [3.63, 3.8) is 0 Å². The van der Waals surface area contributed by atoms with Gasteiger partial charge >= 0.3 is 5.97 Å². The highest BCUT2D eigenvalue weighted by Crippen LogP contribution is 2.09. The minimum atomic E-state index is -0.859. The minimum absolute atomic E-state index is 0.0133. The molecule has 0 unspecified atom stereocenters. The van der Waals surface area contributed by atoms with Gasteiger partial charge < -0.3 is 15.7 Å². The van der Waals surface area contributed by atoms with Gasteiger partial charge in [0.1, 0.15) is 5.69 Å². The van der Waals surface area contributed by atoms with Gasteiger partial charge in [-0.05, 0) is 32.4 Å². The second-order valence-corrected chi connectivity index (χ2v) is 4.57. The smallest absolute Gasteiger partial charge is 0.303 e. The largest absolute Gasteiger partial charge is 0.481 e. The number of carboxylic acid groups (broad SMARTS) is 1. The normalized spacial score (nSPS) is 10.5. The highest BCUT2D eigenvalue weighted by molar-refractivity contribution is 5.92. The Morgan fingerprint density at radius 3 is 2.58 bits per heavy atom. The lowest BCUT2D eigenvalue weighted by Crippen LogP contribution is -2.38. The highest BCUT2D eigenvalue weighted by Gasteiger charge is 2.19. The number of aliphatic carboxylic acids is 1. The Morgan fingerprint density at radius 1 is 1.42 bits per heavy atom. The molecule has 0 saturated carbocycles. The fourth-order valence-electron chi connectivity index (χ4n) is 1.67. The Hall–Kier alpha value is -2.11. The van der Waals surface area contributed by atoms with Gasteiger partial charge in [0.05, 0.1) is 11.9 Å². The third-order valence-corrected chi connectivity index (χ3v) is 2.68. The maximum Gasteiger partial charge on any atom is 0.303 e. The summed E-state index contributed by atoms with van der Waals surface area (Å²) in [6, 6.07) is 3.18. The van der Waals surface area contributed by atoms with Crippen molar-refractivity contribution in [1.29, 1.82) is 0 Å². The van der Waals surface area contributed by atoms with Gasteiger partial charge in [0.25, 0.3) is 5.91 Å². The predicted molar refractivity (Wildman–Crippen MR) is 71.7 cm³/mol. The van der Waals surface area contributed by atoms with Crippen LogP contribution in [0, 0.1) is 0 Å². The van der Waals surface area contributed by atoms with E-state index in [2.05, 4.69) is 4.98 Å². The second-order valence-electron chi connectivity index (χ2n) is 4.57. The number of anilines is 1. The minimum Gasteiger partial charge on any atom is -0.481 e. The Balaban J connectivity index is 2.72. The molecule has 3 N–H and O–H groups in total. The molecule has 0 bridgehead atoms. The summed E-state index contributed by atoms with van der Waals surface area (Å²) >= 11 is 0. The van der Waals surface area contributed by atoms with Gasteiger partial charge in [0.2, 0.25) is 0 Å². The fraction of sp³-hybridized carbons (Fsp3) is 0.462. The molecule has 1 rings (SSSR count). The van der Waals surface area contributed by atoms with Crippen LogP contribution in [0.5, 0.6) is 0 Å². The number of nitrogens with zero attached hydrogens (tertiary/aromatic N) is 2. The Kier molecular flexibility index (Phi) is 5.29. The van der Waals surface area contributed by atoms with E-state index in [1.165, 1.54) is 6.20 Å². The van der Waals surface area contributed by atoms with Gasteiger partial charge in [0, 0.05) is 19.0 Å². The molecule has 1 heterocycles. The number of pyridine rings is 1. The molecule has 0 saturated heterocycles. The van der Waals surface area contributed by atoms with Crippen LogP contribution in [-0.4, -0.2) is 39.5 Å². The summed E-state index contributed by atoms with van der Waals surface area (Å²) in [7, 11) is 0. The summed E-state index contributed by atoms with van der Waals surface area (Å²) < 4.78 is 0. The van der Waals surface area contributed by atoms with Crippen LogP contribution in [0.4, 0.5) is 5.69 Å². The van der Waals surface area contributed by atoms with Gasteiger partial charge in [-0.15, -0.1) is 0 Å². The molecule has 6 nitrogen and oxygen atoms in total. The standard InChI is InChI=1S/C13H19N3O3/c1-9(2)16(7-3-4-12(17)18)13(19)11-6-5-10(14)8-15-11/h5-6,8-9H,3-4,7,14H2,1-2H3,(H,17,18). The summed E-state index contributed by atoms with van der Waals surface area (Å²) in [6.45, 7) is 4.17. The highest BCUT2D eigenvalue weighted by atomic mass is 16.4. The first-order valence-electron chi connectivity index (χ1n) is 6.16. The van der Waals surface area contributed by atoms with E-state index in [1.807, 2.05) is 13.8 Å². The molecule has 6 heteroatoms. The van der Waals surface area contributed by atoms with Crippen molar-refractivity contribution in [2.24, 2.45) is 0 Å². The summed E-state index contributed by atoms with van der Waals surface area (Å²) in [5.74, 6) is -1.07. The van der Waals surface area contributed by atoms with E-state index >= 15 is 0 Å². The maximum absolute atomic E-state index is 12.2. The molecule has 1 amide bonds. The third-order valence-electron chi connectivity index (χ3n) is 2.68. The van der Waals surface area contributed by atoms with Crippen LogP contribution in [0.2, 0.25) is 0 Å². The number of carbonyl (C=O) groups is 2. The summed E-state index contributed by atoms with van der Waals surface area (Å²) in [5, 5.41) is 8.62. The van der Waals surface area contributed by atoms with E-state index in [4.69, 9.17) is 10.8 Å². The number of carboxylic acids is 1. The van der Waals surface area contributed by atoms with E-state index in [1.54, 1.807) is 17.0 Å². The van der Waals surface area contributed by atoms with E-state index in [0.29, 0.717) is 24.3 Å². The lowest BCUT2D eigenvalue weighted by Gasteiger charge is -2.26. The van der Waals surface area contributed by atoms with E-state index in [-0.39, 0.29) is 18.4 Å². The van der Waals surface area contributed by atoms with Crippen LogP contribution in [0.25, 0.3) is 0 Å². The molecule has 0 aromatic carbocycles. The van der Waals surface area contributed by atoms with Crippen molar-refractivity contribution in [3.8, 4) is 0 Å². The second kappa shape index (κ2) is 6.72. The number of nitrogens with two attached hydrogens (primary N) is 1. The number of rotatable bonds is 6. The van der Waals surface area contributed by atoms with Gasteiger partial charge in [-0.1, -0.05) is 0 Å². The van der Waals surface area contributed by atoms with Gasteiger partial charge in [-0.25, -0.2) is 4.98 Å². The zero-order valence-corrected chi connectivity index (χ0v) is 11.2. The van der Waals surface area contributed by atoms with E-state index < -0.39 is 5.97 Å². The molecule has 0 spiro atoms. The first kappa shape index (κ1) is 14.9. The first-order chi connectivity index (χ1) is 8.91. The van der Waals surface area contributed by atoms with Crippen LogP contribution < -0.4 is 5.73 Å². The fourth-order valence-corrected chi connectivity index (χ4v) is 1.67. The molecule has 0 aliphatic carbocycles. The molecule has 1 aromatic heterocycles. The van der Waals surface area contributed by atoms with Crippen LogP contribution in [0.1, 0.15) is 37.2 Å². The monoisotopic (exact) mass is 265 g/mol. The number of hydrogen-bond acceptors (Lipinski definition) is 4. The molecule has 19 heavy (non-hydrogen) atoms. The molecule has 1 aromatic rings. The van der Waals surface area contributed by atoms with Gasteiger partial charge in [0.15, 0.2) is 0 Å². The van der Waals surface area contributed by atoms with Crippen molar-refractivity contribution in [3.05, 3.63) is 24.0 Å². The number of amides is 1. The van der Waals surface area contributed by atoms with Crippen molar-refractivity contribution in [2.75, 3.05) is 12.3 Å². The molecule has 0 aliphatic heterocycles. The van der Waals surface area contributed by atoms with Crippen LogP contribution >= 0.6 is 0 Å². The number of carbonyl (C=O) groups excluding carboxylic acids is 1. The molecular weight excluding hydrogens is 246 g/mol. The van der Waals surface area contributed by atoms with E-state index in [9.17, 15) is 9.59 Å². The molecule has 0 radical (unpaired) electrons. The zero-order valence-electron chi connectivity index (χ0n) is 11.2. The SMILES string of the molecule is CC(C)N(CCCC(=O)O)C(=O)c1ccc(N)cn1. The van der Waals surface area contributed by atoms with Crippen molar-refractivity contribution in [1.82, 2.24) is 9.88 Å². The van der Waals surface area contributed by atoms with E-state index in [0.717, 1.165) is 0 Å². The van der Waals surface area contributed by atoms with Crippen LogP contribution in [0.3, 0.4) is 0 Å². The Bertz CT molecular complexity index is 443. The Morgan fingerprint density at radius 2 is 2.11 bits per heavy atom. The number of nitrogen functional groups attached to an aromatic ring is 1. The lowest BCUT2D eigenvalue weighted by molar-refractivity contribution is -0.137. The van der Waals surface area contributed by atoms with Gasteiger partial charge in [-0.2, -0.15) is 0 Å². The van der Waals surface area contributed by atoms with Crippen molar-refractivity contribution >= 4 is 17.6 Å². The molecular formula is C13H19N3O3. The number of hydrogen-bond donors (Lipinski definition) is 2. The third kappa shape index (κ3) is 4.57. The average Bonchev–Trinajstić information content (AvgIpc) is 2.34. The molecule has 0 fully saturated rings. The number of aromatic nitrogens is 1. The topological polar surface area (TPSA) is 96.5 Å². The lowest BCUT2D eigenvalue weighted by atomic mass is 10.2. The predicted octanol–water partition coefficient (Wildman–Crippen LogP) is 1.38. The summed E-state index contributed by atoms with van der Waals surface area (Å²) in [4.78, 5) is 28.4. The first-order valence-corrected chi connectivity index (χ1v) is 6.16. The van der Waals surface area contributed by atoms with Crippen LogP contribution in [0.15, 0.2) is 18.3 Å². The molecule has 0 aliphatic rings. The molecule has 0 atom stereocenters. The summed E-state index contributed by atoms with van der Waals surface area (Å²) in [6.07, 6.45) is 1.91. The Labute approximate surface area is 112 Å². The quantitative estimate of drug-likeness (QED) is 0.810. The van der Waals surface area contributed by atoms with Crippen molar-refractivity contribution in [2.45, 2.75) is 32.7 Å². The maximum atomic E-state index is 12.2. The zero-order chi connectivity index (χ0) is 14.4. The van der Waals surface area contributed by atoms with Crippen LogP contribution in [-0.2, 0) is 4.79 Å². The average molecular weight is 265 g/mol. The summed E-state index contributed by atoms with van der Waals surface area (Å²) in [5.41, 5.74) is 6.34.